The van der Waals surface area contributed by atoms with Crippen LogP contribution in [0.15, 0.2) is 22.7 Å². The van der Waals surface area contributed by atoms with E-state index in [9.17, 15) is 0 Å². The molecule has 0 aliphatic carbocycles. The Hall–Kier alpha value is -1.03. The van der Waals surface area contributed by atoms with E-state index in [0.717, 1.165) is 0 Å². The van der Waals surface area contributed by atoms with Crippen LogP contribution in [0.2, 0.25) is 0 Å². The summed E-state index contributed by atoms with van der Waals surface area (Å²) >= 11 is 3.04. The van der Waals surface area contributed by atoms with Gasteiger partial charge in [0.1, 0.15) is 6.79 Å². The van der Waals surface area contributed by atoms with Crippen LogP contribution in [0.1, 0.15) is 0 Å². The first-order chi connectivity index (χ1) is 5.22. The maximum absolute atomic E-state index is 8.91. The number of carbonyl (C=O) groups excluding carboxylic acids is 1. The first-order valence-corrected chi connectivity index (χ1v) is 3.46. The van der Waals surface area contributed by atoms with E-state index in [-0.39, 0.29) is 11.5 Å². The molecule has 60 valence electrons. The summed E-state index contributed by atoms with van der Waals surface area (Å²) in [6.45, 7) is 2.00. The summed E-state index contributed by atoms with van der Waals surface area (Å²) in [5.74, 6) is -0.220. The molecule has 0 radical (unpaired) electrons. The predicted octanol–water partition coefficient (Wildman–Crippen LogP) is 1.68. The van der Waals surface area contributed by atoms with Crippen LogP contribution < -0.4 is 0 Å². The SMILES string of the molecule is C=O.Oc1cccc(Br)c1O. The molecular weight excluding hydrogens is 212 g/mol. The Labute approximate surface area is 72.4 Å². The molecule has 2 N–H and O–H groups in total. The monoisotopic (exact) mass is 218 g/mol. The number of phenolic OH excluding ortho intramolecular Hbond substituents is 2. The zero-order valence-electron chi connectivity index (χ0n) is 5.62. The maximum Gasteiger partial charge on any atom is 0.171 e. The summed E-state index contributed by atoms with van der Waals surface area (Å²) in [6.07, 6.45) is 0. The third kappa shape index (κ3) is 2.59. The van der Waals surface area contributed by atoms with Crippen molar-refractivity contribution in [2.75, 3.05) is 0 Å². The zero-order chi connectivity index (χ0) is 8.85. The number of para-hydroxylation sites is 1. The van der Waals surface area contributed by atoms with Crippen LogP contribution >= 0.6 is 15.9 Å². The topological polar surface area (TPSA) is 57.5 Å². The average Bonchev–Trinajstić information content (AvgIpc) is 2.04. The second-order valence-corrected chi connectivity index (χ2v) is 2.46. The molecular formula is C7H7BrO3. The van der Waals surface area contributed by atoms with Crippen molar-refractivity contribution in [2.24, 2.45) is 0 Å². The fourth-order valence-electron chi connectivity index (χ4n) is 0.504. The van der Waals surface area contributed by atoms with Gasteiger partial charge in [-0.3, -0.25) is 0 Å². The van der Waals surface area contributed by atoms with Crippen molar-refractivity contribution >= 4 is 22.7 Å². The third-order valence-corrected chi connectivity index (χ3v) is 1.61. The molecule has 1 aromatic rings. The molecule has 0 heterocycles. The van der Waals surface area contributed by atoms with Crippen LogP contribution in [0.25, 0.3) is 0 Å². The first-order valence-electron chi connectivity index (χ1n) is 2.67. The Morgan fingerprint density at radius 1 is 1.27 bits per heavy atom. The van der Waals surface area contributed by atoms with Crippen LogP contribution in [0, 0.1) is 0 Å². The fourth-order valence-corrected chi connectivity index (χ4v) is 0.860. The Kier molecular flexibility index (Phi) is 4.29. The van der Waals surface area contributed by atoms with Gasteiger partial charge in [0.15, 0.2) is 11.5 Å². The third-order valence-electron chi connectivity index (χ3n) is 0.965. The number of hydrogen-bond acceptors (Lipinski definition) is 3. The van der Waals surface area contributed by atoms with Gasteiger partial charge in [-0.25, -0.2) is 0 Å². The van der Waals surface area contributed by atoms with Crippen LogP contribution in [-0.4, -0.2) is 17.0 Å². The van der Waals surface area contributed by atoms with Crippen molar-refractivity contribution < 1.29 is 15.0 Å². The highest BCUT2D eigenvalue weighted by molar-refractivity contribution is 9.10. The van der Waals surface area contributed by atoms with Gasteiger partial charge in [0, 0.05) is 0 Å². The number of hydrogen-bond donors (Lipinski definition) is 2. The van der Waals surface area contributed by atoms with E-state index in [4.69, 9.17) is 15.0 Å². The molecule has 1 aromatic carbocycles. The molecule has 0 unspecified atom stereocenters. The van der Waals surface area contributed by atoms with E-state index >= 15 is 0 Å². The number of benzene rings is 1. The largest absolute Gasteiger partial charge is 0.504 e. The van der Waals surface area contributed by atoms with Crippen LogP contribution in [0.3, 0.4) is 0 Å². The number of halogens is 1. The Bertz CT molecular complexity index is 217. The molecule has 1 rings (SSSR count). The lowest BCUT2D eigenvalue weighted by atomic mass is 10.3. The highest BCUT2D eigenvalue weighted by atomic mass is 79.9. The number of aromatic hydroxyl groups is 2. The molecule has 0 saturated carbocycles. The highest BCUT2D eigenvalue weighted by Crippen LogP contribution is 2.31. The van der Waals surface area contributed by atoms with Crippen molar-refractivity contribution in [3.63, 3.8) is 0 Å². The second-order valence-electron chi connectivity index (χ2n) is 1.61. The second kappa shape index (κ2) is 4.73. The van der Waals surface area contributed by atoms with E-state index in [0.29, 0.717) is 4.47 Å². The molecule has 3 nitrogen and oxygen atoms in total. The molecule has 0 bridgehead atoms. The minimum absolute atomic E-state index is 0.107. The normalized spacial score (nSPS) is 8.09. The maximum atomic E-state index is 8.91. The van der Waals surface area contributed by atoms with Gasteiger partial charge in [0.05, 0.1) is 4.47 Å². The predicted molar refractivity (Wildman–Crippen MR) is 44.6 cm³/mol. The molecule has 0 saturated heterocycles. The lowest BCUT2D eigenvalue weighted by molar-refractivity contribution is -0.0979. The number of carbonyl (C=O) groups is 1. The van der Waals surface area contributed by atoms with Crippen molar-refractivity contribution in [3.8, 4) is 11.5 Å². The Balaban J connectivity index is 0.000000461. The molecule has 0 fully saturated rings. The fraction of sp³-hybridized carbons (Fsp3) is 0. The summed E-state index contributed by atoms with van der Waals surface area (Å²) in [4.78, 5) is 8.00. The summed E-state index contributed by atoms with van der Waals surface area (Å²) < 4.78 is 0.502. The molecule has 11 heavy (non-hydrogen) atoms. The van der Waals surface area contributed by atoms with Crippen molar-refractivity contribution in [3.05, 3.63) is 22.7 Å². The quantitative estimate of drug-likeness (QED) is 0.652. The molecule has 0 aliphatic heterocycles. The van der Waals surface area contributed by atoms with Crippen LogP contribution in [0.5, 0.6) is 11.5 Å². The standard InChI is InChI=1S/C6H5BrO2.CH2O/c7-4-2-1-3-5(8)6(4)9;1-2/h1-3,8-9H;1H2. The molecule has 4 heteroatoms. The van der Waals surface area contributed by atoms with E-state index in [2.05, 4.69) is 15.9 Å². The molecule has 0 aliphatic rings. The van der Waals surface area contributed by atoms with Crippen molar-refractivity contribution in [1.82, 2.24) is 0 Å². The first kappa shape index (κ1) is 9.97. The smallest absolute Gasteiger partial charge is 0.171 e. The van der Waals surface area contributed by atoms with E-state index in [1.165, 1.54) is 6.07 Å². The van der Waals surface area contributed by atoms with Gasteiger partial charge >= 0.3 is 0 Å². The Morgan fingerprint density at radius 2 is 1.82 bits per heavy atom. The van der Waals surface area contributed by atoms with Gasteiger partial charge in [-0.05, 0) is 28.1 Å². The molecule has 0 atom stereocenters. The van der Waals surface area contributed by atoms with Gasteiger partial charge in [-0.1, -0.05) is 6.07 Å². The molecule has 0 amide bonds. The van der Waals surface area contributed by atoms with Crippen molar-refractivity contribution in [1.29, 1.82) is 0 Å². The van der Waals surface area contributed by atoms with Crippen LogP contribution in [0.4, 0.5) is 0 Å². The minimum Gasteiger partial charge on any atom is -0.504 e. The Morgan fingerprint density at radius 3 is 2.18 bits per heavy atom. The summed E-state index contributed by atoms with van der Waals surface area (Å²) in [7, 11) is 0. The van der Waals surface area contributed by atoms with Crippen molar-refractivity contribution in [2.45, 2.75) is 0 Å². The van der Waals surface area contributed by atoms with Gasteiger partial charge in [0.2, 0.25) is 0 Å². The van der Waals surface area contributed by atoms with E-state index in [1.807, 2.05) is 6.79 Å². The van der Waals surface area contributed by atoms with E-state index in [1.54, 1.807) is 12.1 Å². The molecule has 0 spiro atoms. The lowest BCUT2D eigenvalue weighted by Gasteiger charge is -1.96. The average molecular weight is 219 g/mol. The lowest BCUT2D eigenvalue weighted by Crippen LogP contribution is -1.68. The summed E-state index contributed by atoms with van der Waals surface area (Å²) in [5, 5.41) is 17.7. The van der Waals surface area contributed by atoms with Gasteiger partial charge in [-0.2, -0.15) is 0 Å². The van der Waals surface area contributed by atoms with E-state index < -0.39 is 0 Å². The number of rotatable bonds is 0. The zero-order valence-corrected chi connectivity index (χ0v) is 7.21. The molecule has 0 aromatic heterocycles. The van der Waals surface area contributed by atoms with Gasteiger partial charge in [-0.15, -0.1) is 0 Å². The van der Waals surface area contributed by atoms with Gasteiger partial charge < -0.3 is 15.0 Å². The number of phenols is 2. The summed E-state index contributed by atoms with van der Waals surface area (Å²) in [6, 6.07) is 4.70. The van der Waals surface area contributed by atoms with Crippen LogP contribution in [-0.2, 0) is 4.79 Å². The minimum atomic E-state index is -0.113. The summed E-state index contributed by atoms with van der Waals surface area (Å²) in [5.41, 5.74) is 0. The highest BCUT2D eigenvalue weighted by Gasteiger charge is 1.99. The van der Waals surface area contributed by atoms with Gasteiger partial charge in [0.25, 0.3) is 0 Å².